The molecule has 0 radical (unpaired) electrons. The molecule has 0 saturated heterocycles. The van der Waals surface area contributed by atoms with Crippen LogP contribution in [0.3, 0.4) is 0 Å². The summed E-state index contributed by atoms with van der Waals surface area (Å²) >= 11 is 0. The third-order valence-electron chi connectivity index (χ3n) is 2.88. The molecule has 5 heteroatoms. The molecule has 0 spiro atoms. The summed E-state index contributed by atoms with van der Waals surface area (Å²) in [5, 5.41) is 11.5. The van der Waals surface area contributed by atoms with Crippen LogP contribution in [0.5, 0.6) is 0 Å². The van der Waals surface area contributed by atoms with E-state index in [4.69, 9.17) is 5.11 Å². The molecule has 2 N–H and O–H groups in total. The van der Waals surface area contributed by atoms with E-state index in [0.29, 0.717) is 0 Å². The molecule has 0 saturated carbocycles. The summed E-state index contributed by atoms with van der Waals surface area (Å²) in [6.45, 7) is 6.06. The maximum absolute atomic E-state index is 11.8. The van der Waals surface area contributed by atoms with Gasteiger partial charge >= 0.3 is 5.97 Å². The van der Waals surface area contributed by atoms with Crippen molar-refractivity contribution in [1.82, 2.24) is 5.32 Å². The van der Waals surface area contributed by atoms with Gasteiger partial charge in [-0.3, -0.25) is 4.79 Å². The summed E-state index contributed by atoms with van der Waals surface area (Å²) in [6.07, 6.45) is 2.65. The number of carboxylic acids is 1. The summed E-state index contributed by atoms with van der Waals surface area (Å²) in [5.74, 6) is -0.999. The van der Waals surface area contributed by atoms with Crippen LogP contribution in [0.2, 0.25) is 0 Å². The number of aryl methyl sites for hydroxylation is 1. The van der Waals surface area contributed by atoms with E-state index in [0.717, 1.165) is 22.9 Å². The van der Waals surface area contributed by atoms with Gasteiger partial charge in [0.2, 0.25) is 5.91 Å². The lowest BCUT2D eigenvalue weighted by Gasteiger charge is -2.22. The van der Waals surface area contributed by atoms with E-state index in [1.54, 1.807) is 6.08 Å². The Morgan fingerprint density at radius 3 is 2.57 bits per heavy atom. The van der Waals surface area contributed by atoms with Gasteiger partial charge in [0.1, 0.15) is 0 Å². The van der Waals surface area contributed by atoms with Gasteiger partial charge in [0.05, 0.1) is 6.54 Å². The largest absolute Gasteiger partial charge is 0.478 e. The van der Waals surface area contributed by atoms with Gasteiger partial charge in [-0.1, -0.05) is 6.07 Å². The van der Waals surface area contributed by atoms with Crippen molar-refractivity contribution < 1.29 is 14.7 Å². The lowest BCUT2D eigenvalue weighted by Crippen LogP contribution is -2.38. The van der Waals surface area contributed by atoms with Crippen LogP contribution in [0, 0.1) is 6.92 Å². The molecule has 5 nitrogen and oxygen atoms in total. The molecule has 21 heavy (non-hydrogen) atoms. The number of anilines is 1. The summed E-state index contributed by atoms with van der Waals surface area (Å²) < 4.78 is 0. The van der Waals surface area contributed by atoms with Crippen LogP contribution < -0.4 is 10.2 Å². The molecule has 0 aliphatic heterocycles. The fraction of sp³-hybridized carbons (Fsp3) is 0.375. The maximum Gasteiger partial charge on any atom is 0.328 e. The molecule has 1 amide bonds. The molecule has 0 atom stereocenters. The van der Waals surface area contributed by atoms with E-state index >= 15 is 0 Å². The first-order valence-corrected chi connectivity index (χ1v) is 6.81. The van der Waals surface area contributed by atoms with Gasteiger partial charge in [-0.2, -0.15) is 0 Å². The van der Waals surface area contributed by atoms with Crippen LogP contribution in [0.25, 0.3) is 6.08 Å². The quantitative estimate of drug-likeness (QED) is 0.787. The third kappa shape index (κ3) is 5.69. The number of carbonyl (C=O) groups excluding carboxylic acids is 1. The second-order valence-corrected chi connectivity index (χ2v) is 5.30. The molecule has 1 aromatic rings. The number of aliphatic carboxylic acids is 1. The molecule has 0 unspecified atom stereocenters. The Labute approximate surface area is 125 Å². The van der Waals surface area contributed by atoms with Crippen molar-refractivity contribution in [3.8, 4) is 0 Å². The Bertz CT molecular complexity index is 550. The Morgan fingerprint density at radius 2 is 2.05 bits per heavy atom. The maximum atomic E-state index is 11.8. The second kappa shape index (κ2) is 7.47. The van der Waals surface area contributed by atoms with Gasteiger partial charge < -0.3 is 15.3 Å². The zero-order valence-corrected chi connectivity index (χ0v) is 12.9. The third-order valence-corrected chi connectivity index (χ3v) is 2.88. The standard InChI is InChI=1S/C16H22N2O3/c1-11(2)17-15(19)10-18(4)14-7-5-13(9-12(14)3)6-8-16(20)21/h5-9,11H,10H2,1-4H3,(H,17,19)(H,20,21). The molecule has 0 heterocycles. The number of benzene rings is 1. The highest BCUT2D eigenvalue weighted by atomic mass is 16.4. The number of carboxylic acid groups (broad SMARTS) is 1. The molecule has 0 aromatic heterocycles. The van der Waals surface area contributed by atoms with Crippen molar-refractivity contribution in [1.29, 1.82) is 0 Å². The average Bonchev–Trinajstić information content (AvgIpc) is 2.34. The SMILES string of the molecule is Cc1cc(C=CC(=O)O)ccc1N(C)CC(=O)NC(C)C. The van der Waals surface area contributed by atoms with Gasteiger partial charge in [-0.25, -0.2) is 4.79 Å². The number of nitrogens with zero attached hydrogens (tertiary/aromatic N) is 1. The number of hydrogen-bond donors (Lipinski definition) is 2. The van der Waals surface area contributed by atoms with Gasteiger partial charge in [0.15, 0.2) is 0 Å². The minimum atomic E-state index is -0.973. The first-order valence-electron chi connectivity index (χ1n) is 6.81. The predicted octanol–water partition coefficient (Wildman–Crippen LogP) is 2.05. The zero-order valence-electron chi connectivity index (χ0n) is 12.9. The van der Waals surface area contributed by atoms with E-state index in [2.05, 4.69) is 5.32 Å². The lowest BCUT2D eigenvalue weighted by atomic mass is 10.1. The number of amides is 1. The van der Waals surface area contributed by atoms with Crippen molar-refractivity contribution in [2.45, 2.75) is 26.8 Å². The van der Waals surface area contributed by atoms with Crippen LogP contribution in [0.4, 0.5) is 5.69 Å². The van der Waals surface area contributed by atoms with Crippen molar-refractivity contribution in [2.75, 3.05) is 18.5 Å². The number of rotatable bonds is 6. The first-order chi connectivity index (χ1) is 9.79. The number of hydrogen-bond acceptors (Lipinski definition) is 3. The van der Waals surface area contributed by atoms with Gasteiger partial charge in [0.25, 0.3) is 0 Å². The van der Waals surface area contributed by atoms with Crippen LogP contribution in [-0.4, -0.2) is 36.6 Å². The molecular weight excluding hydrogens is 268 g/mol. The lowest BCUT2D eigenvalue weighted by molar-refractivity contribution is -0.131. The number of carbonyl (C=O) groups is 2. The molecule has 0 fully saturated rings. The minimum Gasteiger partial charge on any atom is -0.478 e. The molecule has 1 aromatic carbocycles. The van der Waals surface area contributed by atoms with Crippen LogP contribution in [-0.2, 0) is 9.59 Å². The highest BCUT2D eigenvalue weighted by molar-refractivity contribution is 5.85. The van der Waals surface area contributed by atoms with E-state index in [1.807, 2.05) is 50.9 Å². The summed E-state index contributed by atoms with van der Waals surface area (Å²) in [5.41, 5.74) is 2.75. The van der Waals surface area contributed by atoms with Gasteiger partial charge in [0, 0.05) is 24.9 Å². The summed E-state index contributed by atoms with van der Waals surface area (Å²) in [4.78, 5) is 24.1. The Kier molecular flexibility index (Phi) is 5.96. The predicted molar refractivity (Wildman–Crippen MR) is 84.4 cm³/mol. The number of nitrogens with one attached hydrogen (secondary N) is 1. The monoisotopic (exact) mass is 290 g/mol. The molecule has 0 aliphatic rings. The fourth-order valence-electron chi connectivity index (χ4n) is 2.05. The summed E-state index contributed by atoms with van der Waals surface area (Å²) in [7, 11) is 1.86. The van der Waals surface area contributed by atoms with Gasteiger partial charge in [-0.15, -0.1) is 0 Å². The van der Waals surface area contributed by atoms with E-state index in [1.165, 1.54) is 0 Å². The molecular formula is C16H22N2O3. The zero-order chi connectivity index (χ0) is 16.0. The Balaban J connectivity index is 2.79. The highest BCUT2D eigenvalue weighted by Gasteiger charge is 2.10. The van der Waals surface area contributed by atoms with Crippen molar-refractivity contribution >= 4 is 23.6 Å². The van der Waals surface area contributed by atoms with E-state index < -0.39 is 5.97 Å². The Hall–Kier alpha value is -2.30. The molecule has 1 rings (SSSR count). The topological polar surface area (TPSA) is 69.6 Å². The van der Waals surface area contributed by atoms with Crippen LogP contribution >= 0.6 is 0 Å². The Morgan fingerprint density at radius 1 is 1.38 bits per heavy atom. The number of likely N-dealkylation sites (N-methyl/N-ethyl adjacent to an activating group) is 1. The molecule has 0 bridgehead atoms. The van der Waals surface area contributed by atoms with Gasteiger partial charge in [-0.05, 0) is 50.1 Å². The van der Waals surface area contributed by atoms with E-state index in [9.17, 15) is 9.59 Å². The molecule has 114 valence electrons. The van der Waals surface area contributed by atoms with Crippen molar-refractivity contribution in [3.63, 3.8) is 0 Å². The minimum absolute atomic E-state index is 0.0262. The van der Waals surface area contributed by atoms with E-state index in [-0.39, 0.29) is 18.5 Å². The highest BCUT2D eigenvalue weighted by Crippen LogP contribution is 2.20. The second-order valence-electron chi connectivity index (χ2n) is 5.30. The smallest absolute Gasteiger partial charge is 0.328 e. The summed E-state index contributed by atoms with van der Waals surface area (Å²) in [6, 6.07) is 5.74. The van der Waals surface area contributed by atoms with Crippen LogP contribution in [0.15, 0.2) is 24.3 Å². The van der Waals surface area contributed by atoms with Crippen molar-refractivity contribution in [3.05, 3.63) is 35.4 Å². The fourth-order valence-corrected chi connectivity index (χ4v) is 2.05. The average molecular weight is 290 g/mol. The first kappa shape index (κ1) is 16.8. The normalized spacial score (nSPS) is 10.9. The molecule has 0 aliphatic carbocycles. The van der Waals surface area contributed by atoms with Crippen LogP contribution in [0.1, 0.15) is 25.0 Å². The van der Waals surface area contributed by atoms with Crippen molar-refractivity contribution in [2.24, 2.45) is 0 Å².